The third-order valence-electron chi connectivity index (χ3n) is 4.11. The first-order chi connectivity index (χ1) is 9.18. The van der Waals surface area contributed by atoms with E-state index in [1.807, 2.05) is 24.3 Å². The molecule has 1 aliphatic heterocycles. The van der Waals surface area contributed by atoms with Crippen molar-refractivity contribution in [3.63, 3.8) is 0 Å². The molecule has 2 aromatic rings. The van der Waals surface area contributed by atoms with E-state index in [4.69, 9.17) is 0 Å². The van der Waals surface area contributed by atoms with Gasteiger partial charge in [0.1, 0.15) is 6.10 Å². The van der Waals surface area contributed by atoms with E-state index in [9.17, 15) is 5.11 Å². The third-order valence-corrected chi connectivity index (χ3v) is 4.11. The second kappa shape index (κ2) is 4.71. The Kier molecular flexibility index (Phi) is 3.03. The Balaban J connectivity index is 2.08. The molecular formula is C17H19NO. The second-order valence-corrected chi connectivity index (χ2v) is 5.25. The maximum Gasteiger partial charge on any atom is 0.106 e. The van der Waals surface area contributed by atoms with Crippen LogP contribution in [0, 0.1) is 13.8 Å². The van der Waals surface area contributed by atoms with Crippen molar-refractivity contribution in [3.8, 4) is 0 Å². The molecule has 3 rings (SSSR count). The quantitative estimate of drug-likeness (QED) is 0.860. The van der Waals surface area contributed by atoms with Crippen molar-refractivity contribution >= 4 is 5.69 Å². The lowest BCUT2D eigenvalue weighted by atomic mass is 9.93. The molecule has 1 aliphatic rings. The highest BCUT2D eigenvalue weighted by molar-refractivity contribution is 5.63. The van der Waals surface area contributed by atoms with E-state index in [1.54, 1.807) is 0 Å². The van der Waals surface area contributed by atoms with Gasteiger partial charge in [-0.15, -0.1) is 0 Å². The van der Waals surface area contributed by atoms with Gasteiger partial charge in [-0.1, -0.05) is 36.4 Å². The molecule has 1 heterocycles. The molecule has 0 fully saturated rings. The molecule has 1 atom stereocenters. The molecule has 0 spiro atoms. The van der Waals surface area contributed by atoms with Gasteiger partial charge >= 0.3 is 0 Å². The summed E-state index contributed by atoms with van der Waals surface area (Å²) in [6.45, 7) is 5.12. The molecule has 0 saturated heterocycles. The second-order valence-electron chi connectivity index (χ2n) is 5.25. The van der Waals surface area contributed by atoms with Crippen molar-refractivity contribution < 1.29 is 5.11 Å². The first-order valence-corrected chi connectivity index (χ1v) is 6.78. The predicted molar refractivity (Wildman–Crippen MR) is 78.6 cm³/mol. The maximum atomic E-state index is 10.7. The number of fused-ring (bicyclic) bond motifs is 1. The van der Waals surface area contributed by atoms with Gasteiger partial charge in [0.15, 0.2) is 0 Å². The molecule has 98 valence electrons. The van der Waals surface area contributed by atoms with Crippen LogP contribution in [0.1, 0.15) is 33.9 Å². The molecule has 0 aliphatic carbocycles. The molecule has 19 heavy (non-hydrogen) atoms. The zero-order valence-electron chi connectivity index (χ0n) is 11.4. The van der Waals surface area contributed by atoms with Crippen LogP contribution < -0.4 is 5.32 Å². The summed E-state index contributed by atoms with van der Waals surface area (Å²) in [4.78, 5) is 0. The van der Waals surface area contributed by atoms with Gasteiger partial charge in [-0.05, 0) is 42.5 Å². The Morgan fingerprint density at radius 3 is 2.63 bits per heavy atom. The van der Waals surface area contributed by atoms with Gasteiger partial charge in [0.05, 0.1) is 0 Å². The summed E-state index contributed by atoms with van der Waals surface area (Å²) in [6, 6.07) is 12.3. The lowest BCUT2D eigenvalue weighted by Crippen LogP contribution is -2.06. The summed E-state index contributed by atoms with van der Waals surface area (Å²) in [5, 5.41) is 14.1. The number of benzene rings is 2. The molecular weight excluding hydrogens is 234 g/mol. The predicted octanol–water partition coefficient (Wildman–Crippen LogP) is 3.35. The molecule has 2 aromatic carbocycles. The fraction of sp³-hybridized carbons (Fsp3) is 0.294. The number of hydrogen-bond acceptors (Lipinski definition) is 2. The number of nitrogens with one attached hydrogen (secondary N) is 1. The number of para-hydroxylation sites is 1. The fourth-order valence-electron chi connectivity index (χ4n) is 2.83. The van der Waals surface area contributed by atoms with Crippen LogP contribution in [0.4, 0.5) is 5.69 Å². The van der Waals surface area contributed by atoms with Gasteiger partial charge < -0.3 is 10.4 Å². The van der Waals surface area contributed by atoms with Gasteiger partial charge in [-0.2, -0.15) is 0 Å². The van der Waals surface area contributed by atoms with Crippen molar-refractivity contribution in [1.82, 2.24) is 0 Å². The normalized spacial score (nSPS) is 14.9. The first-order valence-electron chi connectivity index (χ1n) is 6.78. The lowest BCUT2D eigenvalue weighted by molar-refractivity contribution is 0.220. The van der Waals surface area contributed by atoms with Gasteiger partial charge in [-0.25, -0.2) is 0 Å². The van der Waals surface area contributed by atoms with Crippen molar-refractivity contribution in [1.29, 1.82) is 0 Å². The average molecular weight is 253 g/mol. The molecule has 2 nitrogen and oxygen atoms in total. The van der Waals surface area contributed by atoms with Gasteiger partial charge in [0, 0.05) is 17.8 Å². The molecule has 0 amide bonds. The Morgan fingerprint density at radius 1 is 1.05 bits per heavy atom. The van der Waals surface area contributed by atoms with Crippen LogP contribution in [-0.4, -0.2) is 11.7 Å². The Hall–Kier alpha value is -1.80. The zero-order valence-corrected chi connectivity index (χ0v) is 11.4. The minimum Gasteiger partial charge on any atom is -0.384 e. The van der Waals surface area contributed by atoms with Crippen molar-refractivity contribution in [3.05, 3.63) is 64.2 Å². The van der Waals surface area contributed by atoms with E-state index in [0.29, 0.717) is 0 Å². The number of rotatable bonds is 2. The summed E-state index contributed by atoms with van der Waals surface area (Å²) in [6.07, 6.45) is 0.489. The van der Waals surface area contributed by atoms with E-state index in [0.717, 1.165) is 29.8 Å². The van der Waals surface area contributed by atoms with Crippen LogP contribution >= 0.6 is 0 Å². The van der Waals surface area contributed by atoms with Crippen molar-refractivity contribution in [2.75, 3.05) is 11.9 Å². The smallest absolute Gasteiger partial charge is 0.106 e. The molecule has 1 unspecified atom stereocenters. The Bertz CT molecular complexity index is 619. The molecule has 0 aromatic heterocycles. The Labute approximate surface area is 114 Å². The molecule has 0 saturated carbocycles. The van der Waals surface area contributed by atoms with Gasteiger partial charge in [0.2, 0.25) is 0 Å². The highest BCUT2D eigenvalue weighted by atomic mass is 16.3. The van der Waals surface area contributed by atoms with Crippen LogP contribution in [0.3, 0.4) is 0 Å². The van der Waals surface area contributed by atoms with Gasteiger partial charge in [0.25, 0.3) is 0 Å². The van der Waals surface area contributed by atoms with Crippen LogP contribution in [0.5, 0.6) is 0 Å². The van der Waals surface area contributed by atoms with E-state index in [1.165, 1.54) is 16.7 Å². The van der Waals surface area contributed by atoms with Crippen LogP contribution in [0.2, 0.25) is 0 Å². The minimum atomic E-state index is -0.555. The summed E-state index contributed by atoms with van der Waals surface area (Å²) < 4.78 is 0. The fourth-order valence-corrected chi connectivity index (χ4v) is 2.83. The molecule has 2 N–H and O–H groups in total. The molecule has 0 radical (unpaired) electrons. The standard InChI is InChI=1S/C17H19NO/c1-11-5-3-7-14(12(11)2)17(19)15-8-4-6-13-9-10-18-16(13)15/h3-8,17-19H,9-10H2,1-2H3. The zero-order chi connectivity index (χ0) is 13.4. The summed E-state index contributed by atoms with van der Waals surface area (Å²) >= 11 is 0. The largest absolute Gasteiger partial charge is 0.384 e. The van der Waals surface area contributed by atoms with Crippen LogP contribution in [0.25, 0.3) is 0 Å². The average Bonchev–Trinajstić information content (AvgIpc) is 2.89. The summed E-state index contributed by atoms with van der Waals surface area (Å²) in [5.41, 5.74) is 6.81. The van der Waals surface area contributed by atoms with E-state index >= 15 is 0 Å². The number of aryl methyl sites for hydroxylation is 1. The number of aliphatic hydroxyl groups is 1. The van der Waals surface area contributed by atoms with Gasteiger partial charge in [-0.3, -0.25) is 0 Å². The highest BCUT2D eigenvalue weighted by Gasteiger charge is 2.21. The van der Waals surface area contributed by atoms with Crippen molar-refractivity contribution in [2.24, 2.45) is 0 Å². The summed E-state index contributed by atoms with van der Waals surface area (Å²) in [7, 11) is 0. The third kappa shape index (κ3) is 2.02. The summed E-state index contributed by atoms with van der Waals surface area (Å²) in [5.74, 6) is 0. The minimum absolute atomic E-state index is 0.555. The molecule has 2 heteroatoms. The van der Waals surface area contributed by atoms with Crippen molar-refractivity contribution in [2.45, 2.75) is 26.4 Å². The monoisotopic (exact) mass is 253 g/mol. The number of aliphatic hydroxyl groups excluding tert-OH is 1. The number of hydrogen-bond donors (Lipinski definition) is 2. The molecule has 0 bridgehead atoms. The number of anilines is 1. The Morgan fingerprint density at radius 2 is 1.79 bits per heavy atom. The SMILES string of the molecule is Cc1cccc(C(O)c2cccc3c2NCC3)c1C. The maximum absolute atomic E-state index is 10.7. The van der Waals surface area contributed by atoms with Crippen LogP contribution in [-0.2, 0) is 6.42 Å². The first kappa shape index (κ1) is 12.2. The van der Waals surface area contributed by atoms with E-state index in [2.05, 4.69) is 31.3 Å². The van der Waals surface area contributed by atoms with E-state index < -0.39 is 6.10 Å². The lowest BCUT2D eigenvalue weighted by Gasteiger charge is -2.18. The van der Waals surface area contributed by atoms with Crippen LogP contribution in [0.15, 0.2) is 36.4 Å². The highest BCUT2D eigenvalue weighted by Crippen LogP contribution is 2.35. The van der Waals surface area contributed by atoms with E-state index in [-0.39, 0.29) is 0 Å². The topological polar surface area (TPSA) is 32.3 Å².